The molecule has 0 heterocycles. The van der Waals surface area contributed by atoms with Crippen LogP contribution in [0.4, 0.5) is 0 Å². The molecule has 4 N–H and O–H groups in total. The summed E-state index contributed by atoms with van der Waals surface area (Å²) < 4.78 is 4.17. The number of rotatable bonds is 5. The molecule has 0 rings (SSSR count). The van der Waals surface area contributed by atoms with E-state index >= 15 is 0 Å². The molecular weight excluding hydrogens is 196 g/mol. The number of ether oxygens (including phenoxy) is 1. The molecule has 0 saturated carbocycles. The number of hydrogen-bond acceptors (Lipinski definition) is 6. The first-order valence-corrected chi connectivity index (χ1v) is 3.74. The van der Waals surface area contributed by atoms with Crippen molar-refractivity contribution in [2.75, 3.05) is 7.11 Å². The van der Waals surface area contributed by atoms with E-state index in [9.17, 15) is 9.59 Å². The summed E-state index contributed by atoms with van der Waals surface area (Å²) in [6.07, 6.45) is -6.31. The first-order valence-electron chi connectivity index (χ1n) is 3.74. The molecule has 14 heavy (non-hydrogen) atoms. The van der Waals surface area contributed by atoms with Gasteiger partial charge >= 0.3 is 11.9 Å². The standard InChI is InChI=1S/C7H12O7/c1-14-4(9)2-3(8)5(10)6(11)7(12)13/h3,5-6,8,10-11H,2H2,1H3,(H,12,13). The molecule has 0 spiro atoms. The van der Waals surface area contributed by atoms with Crippen molar-refractivity contribution >= 4 is 11.9 Å². The van der Waals surface area contributed by atoms with Crippen molar-refractivity contribution < 1.29 is 34.8 Å². The Bertz CT molecular complexity index is 214. The van der Waals surface area contributed by atoms with Crippen molar-refractivity contribution in [2.45, 2.75) is 24.7 Å². The number of carboxylic acid groups (broad SMARTS) is 1. The third-order valence-electron chi connectivity index (χ3n) is 1.57. The number of carbonyl (C=O) groups excluding carboxylic acids is 1. The summed E-state index contributed by atoms with van der Waals surface area (Å²) in [5.74, 6) is -2.49. The molecule has 0 aromatic heterocycles. The Balaban J connectivity index is 4.17. The summed E-state index contributed by atoms with van der Waals surface area (Å²) in [4.78, 5) is 20.8. The minimum absolute atomic E-state index is 0.581. The maximum atomic E-state index is 10.6. The van der Waals surface area contributed by atoms with Crippen LogP contribution in [0.25, 0.3) is 0 Å². The highest BCUT2D eigenvalue weighted by atomic mass is 16.5. The average Bonchev–Trinajstić information content (AvgIpc) is 2.14. The van der Waals surface area contributed by atoms with Gasteiger partial charge in [-0.05, 0) is 0 Å². The number of aliphatic hydroxyl groups excluding tert-OH is 3. The van der Waals surface area contributed by atoms with Crippen LogP contribution in [0.3, 0.4) is 0 Å². The zero-order valence-electron chi connectivity index (χ0n) is 7.45. The zero-order chi connectivity index (χ0) is 11.3. The van der Waals surface area contributed by atoms with Gasteiger partial charge in [-0.2, -0.15) is 0 Å². The van der Waals surface area contributed by atoms with E-state index in [2.05, 4.69) is 4.74 Å². The van der Waals surface area contributed by atoms with Crippen LogP contribution in [0.2, 0.25) is 0 Å². The Labute approximate surface area is 79.5 Å². The predicted octanol–water partition coefficient (Wildman–Crippen LogP) is -2.28. The quantitative estimate of drug-likeness (QED) is 0.375. The molecular formula is C7H12O7. The lowest BCUT2D eigenvalue weighted by Gasteiger charge is -2.18. The van der Waals surface area contributed by atoms with Crippen molar-refractivity contribution in [1.29, 1.82) is 0 Å². The van der Waals surface area contributed by atoms with Gasteiger partial charge in [0.25, 0.3) is 0 Å². The van der Waals surface area contributed by atoms with Crippen molar-refractivity contribution in [3.05, 3.63) is 0 Å². The van der Waals surface area contributed by atoms with Gasteiger partial charge in [0, 0.05) is 0 Å². The van der Waals surface area contributed by atoms with Gasteiger partial charge in [0.2, 0.25) is 0 Å². The molecule has 82 valence electrons. The lowest BCUT2D eigenvalue weighted by atomic mass is 10.1. The molecule has 0 fully saturated rings. The minimum atomic E-state index is -2.13. The number of aliphatic carboxylic acids is 1. The van der Waals surface area contributed by atoms with Crippen LogP contribution in [0.15, 0.2) is 0 Å². The highest BCUT2D eigenvalue weighted by molar-refractivity contribution is 5.73. The molecule has 0 aliphatic carbocycles. The van der Waals surface area contributed by atoms with E-state index in [1.807, 2.05) is 0 Å². The van der Waals surface area contributed by atoms with Crippen molar-refractivity contribution in [1.82, 2.24) is 0 Å². The topological polar surface area (TPSA) is 124 Å². The van der Waals surface area contributed by atoms with E-state index in [0.717, 1.165) is 7.11 Å². The zero-order valence-corrected chi connectivity index (χ0v) is 7.45. The number of esters is 1. The summed E-state index contributed by atoms with van der Waals surface area (Å²) >= 11 is 0. The van der Waals surface area contributed by atoms with Crippen molar-refractivity contribution in [2.24, 2.45) is 0 Å². The molecule has 0 saturated heterocycles. The lowest BCUT2D eigenvalue weighted by Crippen LogP contribution is -2.43. The molecule has 7 nitrogen and oxygen atoms in total. The van der Waals surface area contributed by atoms with Crippen LogP contribution in [-0.4, -0.2) is 57.8 Å². The Morgan fingerprint density at radius 1 is 1.29 bits per heavy atom. The number of carbonyl (C=O) groups is 2. The SMILES string of the molecule is COC(=O)CC(O)C(O)C(O)C(=O)O. The molecule has 0 aliphatic heterocycles. The van der Waals surface area contributed by atoms with E-state index < -0.39 is 36.7 Å². The Kier molecular flexibility index (Phi) is 5.06. The van der Waals surface area contributed by atoms with Crippen LogP contribution in [0, 0.1) is 0 Å². The Morgan fingerprint density at radius 3 is 2.14 bits per heavy atom. The van der Waals surface area contributed by atoms with Gasteiger partial charge in [-0.1, -0.05) is 0 Å². The third-order valence-corrected chi connectivity index (χ3v) is 1.57. The Morgan fingerprint density at radius 2 is 1.79 bits per heavy atom. The van der Waals surface area contributed by atoms with Crippen LogP contribution in [0.1, 0.15) is 6.42 Å². The fourth-order valence-corrected chi connectivity index (χ4v) is 0.731. The Hall–Kier alpha value is -1.18. The number of aliphatic hydroxyl groups is 3. The second-order valence-electron chi connectivity index (χ2n) is 2.62. The van der Waals surface area contributed by atoms with Crippen LogP contribution < -0.4 is 0 Å². The first-order chi connectivity index (χ1) is 6.40. The maximum Gasteiger partial charge on any atom is 0.335 e. The fraction of sp³-hybridized carbons (Fsp3) is 0.714. The highest BCUT2D eigenvalue weighted by Crippen LogP contribution is 2.05. The first kappa shape index (κ1) is 12.8. The third kappa shape index (κ3) is 3.69. The van der Waals surface area contributed by atoms with Gasteiger partial charge in [0.05, 0.1) is 19.6 Å². The fourth-order valence-electron chi connectivity index (χ4n) is 0.731. The molecule has 3 unspecified atom stereocenters. The molecule has 7 heteroatoms. The van der Waals surface area contributed by atoms with Gasteiger partial charge < -0.3 is 25.2 Å². The van der Waals surface area contributed by atoms with E-state index in [4.69, 9.17) is 20.4 Å². The van der Waals surface area contributed by atoms with Crippen molar-refractivity contribution in [3.63, 3.8) is 0 Å². The molecule has 0 aliphatic rings. The minimum Gasteiger partial charge on any atom is -0.479 e. The maximum absolute atomic E-state index is 10.6. The van der Waals surface area contributed by atoms with E-state index in [1.54, 1.807) is 0 Å². The summed E-state index contributed by atoms with van der Waals surface area (Å²) in [5.41, 5.74) is 0. The normalized spacial score (nSPS) is 16.9. The van der Waals surface area contributed by atoms with Crippen molar-refractivity contribution in [3.8, 4) is 0 Å². The molecule has 0 aromatic carbocycles. The van der Waals surface area contributed by atoms with E-state index in [0.29, 0.717) is 0 Å². The van der Waals surface area contributed by atoms with Gasteiger partial charge in [0.15, 0.2) is 6.10 Å². The highest BCUT2D eigenvalue weighted by Gasteiger charge is 2.31. The van der Waals surface area contributed by atoms with E-state index in [-0.39, 0.29) is 0 Å². The average molecular weight is 208 g/mol. The van der Waals surface area contributed by atoms with Gasteiger partial charge in [-0.15, -0.1) is 0 Å². The monoisotopic (exact) mass is 208 g/mol. The van der Waals surface area contributed by atoms with Gasteiger partial charge in [-0.25, -0.2) is 4.79 Å². The summed E-state index contributed by atoms with van der Waals surface area (Å²) in [5, 5.41) is 35.1. The molecule has 3 atom stereocenters. The van der Waals surface area contributed by atoms with Crippen LogP contribution in [0.5, 0.6) is 0 Å². The van der Waals surface area contributed by atoms with Crippen LogP contribution in [-0.2, 0) is 14.3 Å². The largest absolute Gasteiger partial charge is 0.479 e. The summed E-state index contributed by atoms with van der Waals surface area (Å²) in [6, 6.07) is 0. The smallest absolute Gasteiger partial charge is 0.335 e. The molecule has 0 amide bonds. The summed E-state index contributed by atoms with van der Waals surface area (Å²) in [6.45, 7) is 0. The van der Waals surface area contributed by atoms with Gasteiger partial charge in [0.1, 0.15) is 6.10 Å². The lowest BCUT2D eigenvalue weighted by molar-refractivity contribution is -0.161. The second kappa shape index (κ2) is 5.53. The number of carboxylic acids is 1. The molecule has 0 radical (unpaired) electrons. The predicted molar refractivity (Wildman–Crippen MR) is 42.3 cm³/mol. The summed E-state index contributed by atoms with van der Waals surface area (Å²) in [7, 11) is 1.08. The second-order valence-corrected chi connectivity index (χ2v) is 2.62. The number of hydrogen-bond donors (Lipinski definition) is 4. The number of methoxy groups -OCH3 is 1. The van der Waals surface area contributed by atoms with Crippen LogP contribution >= 0.6 is 0 Å². The van der Waals surface area contributed by atoms with E-state index in [1.165, 1.54) is 0 Å². The molecule has 0 bridgehead atoms. The molecule has 0 aromatic rings. The van der Waals surface area contributed by atoms with Gasteiger partial charge in [-0.3, -0.25) is 4.79 Å².